The van der Waals surface area contributed by atoms with Gasteiger partial charge in [-0.1, -0.05) is 13.2 Å². The van der Waals surface area contributed by atoms with Crippen molar-refractivity contribution in [1.82, 2.24) is 0 Å². The Labute approximate surface area is 96.7 Å². The first-order valence-electron chi connectivity index (χ1n) is 3.95. The molecule has 1 unspecified atom stereocenters. The number of aliphatic hydroxyl groups is 2. The summed E-state index contributed by atoms with van der Waals surface area (Å²) >= 11 is 0. The molecule has 0 aromatic carbocycles. The van der Waals surface area contributed by atoms with E-state index in [-0.39, 0.29) is 0 Å². The van der Waals surface area contributed by atoms with E-state index in [1.165, 1.54) is 0 Å². The second kappa shape index (κ2) is 13.8. The lowest BCUT2D eigenvalue weighted by molar-refractivity contribution is -0.148. The fourth-order valence-corrected chi connectivity index (χ4v) is 0.0781. The van der Waals surface area contributed by atoms with Crippen LogP contribution >= 0.6 is 0 Å². The van der Waals surface area contributed by atoms with Crippen LogP contribution in [0.15, 0.2) is 25.3 Å². The van der Waals surface area contributed by atoms with Gasteiger partial charge in [-0.05, 0) is 0 Å². The third-order valence-corrected chi connectivity index (χ3v) is 0.807. The predicted molar refractivity (Wildman–Crippen MR) is 56.4 cm³/mol. The van der Waals surface area contributed by atoms with Crippen molar-refractivity contribution in [3.63, 3.8) is 0 Å². The average molecular weight is 250 g/mol. The Balaban J connectivity index is -0.000000177. The summed E-state index contributed by atoms with van der Waals surface area (Å²) in [7, 11) is 0. The van der Waals surface area contributed by atoms with Gasteiger partial charge in [0.15, 0.2) is 6.10 Å². The molecule has 8 nitrogen and oxygen atoms in total. The van der Waals surface area contributed by atoms with Gasteiger partial charge in [0, 0.05) is 12.2 Å². The smallest absolute Gasteiger partial charge is 0.334 e. The number of hydrogen-bond acceptors (Lipinski definition) is 5. The maximum atomic E-state index is 9.52. The number of aliphatic carboxylic acids is 3. The van der Waals surface area contributed by atoms with Crippen LogP contribution in [0.25, 0.3) is 0 Å². The first kappa shape index (κ1) is 20.3. The highest BCUT2D eigenvalue weighted by molar-refractivity contribution is 5.79. The zero-order valence-electron chi connectivity index (χ0n) is 8.81. The molecule has 0 heterocycles. The van der Waals surface area contributed by atoms with Crippen LogP contribution in [0, 0.1) is 0 Å². The van der Waals surface area contributed by atoms with Crippen molar-refractivity contribution in [2.75, 3.05) is 6.61 Å². The van der Waals surface area contributed by atoms with Crippen LogP contribution in [0.3, 0.4) is 0 Å². The topological polar surface area (TPSA) is 152 Å². The van der Waals surface area contributed by atoms with E-state index in [2.05, 4.69) is 13.2 Å². The molecule has 0 amide bonds. The van der Waals surface area contributed by atoms with Crippen molar-refractivity contribution >= 4 is 17.9 Å². The van der Waals surface area contributed by atoms with Crippen LogP contribution in [-0.2, 0) is 14.4 Å². The van der Waals surface area contributed by atoms with E-state index < -0.39 is 30.6 Å². The molecule has 98 valence electrons. The van der Waals surface area contributed by atoms with Crippen molar-refractivity contribution in [2.45, 2.75) is 6.10 Å². The second-order valence-corrected chi connectivity index (χ2v) is 2.12. The van der Waals surface area contributed by atoms with Crippen molar-refractivity contribution in [1.29, 1.82) is 0 Å². The zero-order chi connectivity index (χ0) is 14.4. The van der Waals surface area contributed by atoms with E-state index in [1.807, 2.05) is 0 Å². The Hall–Kier alpha value is -2.19. The van der Waals surface area contributed by atoms with Gasteiger partial charge >= 0.3 is 17.9 Å². The summed E-state index contributed by atoms with van der Waals surface area (Å²) in [4.78, 5) is 28.0. The Morgan fingerprint density at radius 2 is 1.24 bits per heavy atom. The first-order chi connectivity index (χ1) is 7.72. The lowest BCUT2D eigenvalue weighted by atomic mass is 10.4. The van der Waals surface area contributed by atoms with Crippen molar-refractivity contribution in [3.8, 4) is 0 Å². The minimum atomic E-state index is -1.63. The fraction of sp³-hybridized carbons (Fsp3) is 0.222. The Bertz CT molecular complexity index is 252. The van der Waals surface area contributed by atoms with Crippen molar-refractivity contribution in [2.24, 2.45) is 0 Å². The Morgan fingerprint density at radius 1 is 1.00 bits per heavy atom. The summed E-state index contributed by atoms with van der Waals surface area (Å²) in [6, 6.07) is 0. The number of rotatable bonds is 4. The molecule has 0 aliphatic carbocycles. The minimum Gasteiger partial charge on any atom is -0.479 e. The molecule has 0 radical (unpaired) electrons. The molecule has 0 rings (SSSR count). The summed E-state index contributed by atoms with van der Waals surface area (Å²) in [6.07, 6.45) is 0.0417. The third-order valence-electron chi connectivity index (χ3n) is 0.807. The van der Waals surface area contributed by atoms with Gasteiger partial charge in [0.1, 0.15) is 0 Å². The highest BCUT2D eigenvalue weighted by Gasteiger charge is 2.08. The van der Waals surface area contributed by atoms with Crippen molar-refractivity contribution in [3.05, 3.63) is 25.3 Å². The normalized spacial score (nSPS) is 9.29. The Kier molecular flexibility index (Phi) is 16.5. The molecule has 0 fully saturated rings. The monoisotopic (exact) mass is 250 g/mol. The number of carboxylic acid groups (broad SMARTS) is 3. The number of carbonyl (C=O) groups is 3. The number of carboxylic acids is 3. The molecule has 0 saturated carbocycles. The molecular weight excluding hydrogens is 236 g/mol. The molecule has 0 aliphatic heterocycles. The molecule has 0 aromatic heterocycles. The van der Waals surface area contributed by atoms with Gasteiger partial charge in [0.25, 0.3) is 0 Å². The molecule has 0 spiro atoms. The van der Waals surface area contributed by atoms with Crippen LogP contribution in [0.2, 0.25) is 0 Å². The summed E-state index contributed by atoms with van der Waals surface area (Å²) in [5.41, 5.74) is 0. The van der Waals surface area contributed by atoms with Gasteiger partial charge in [-0.15, -0.1) is 0 Å². The maximum absolute atomic E-state index is 9.52. The van der Waals surface area contributed by atoms with Crippen LogP contribution in [0.5, 0.6) is 0 Å². The highest BCUT2D eigenvalue weighted by Crippen LogP contribution is 1.75. The molecular formula is C9H14O8. The van der Waals surface area contributed by atoms with Crippen molar-refractivity contribution < 1.29 is 39.9 Å². The molecule has 8 heteroatoms. The molecule has 5 N–H and O–H groups in total. The molecule has 17 heavy (non-hydrogen) atoms. The fourth-order valence-electron chi connectivity index (χ4n) is 0.0781. The van der Waals surface area contributed by atoms with Gasteiger partial charge in [-0.25, -0.2) is 14.4 Å². The molecule has 1 atom stereocenters. The van der Waals surface area contributed by atoms with Crippen LogP contribution in [0.4, 0.5) is 0 Å². The second-order valence-electron chi connectivity index (χ2n) is 2.12. The summed E-state index contributed by atoms with van der Waals surface area (Å²) in [5, 5.41) is 38.9. The summed E-state index contributed by atoms with van der Waals surface area (Å²) < 4.78 is 0. The summed E-state index contributed by atoms with van der Waals surface area (Å²) in [6.45, 7) is 5.19. The van der Waals surface area contributed by atoms with Gasteiger partial charge in [0.05, 0.1) is 6.61 Å². The molecule has 0 aliphatic rings. The highest BCUT2D eigenvalue weighted by atomic mass is 16.4. The first-order valence-corrected chi connectivity index (χ1v) is 3.95. The third kappa shape index (κ3) is 31.6. The van der Waals surface area contributed by atoms with Crippen LogP contribution < -0.4 is 0 Å². The van der Waals surface area contributed by atoms with Gasteiger partial charge < -0.3 is 25.5 Å². The largest absolute Gasteiger partial charge is 0.479 e. The van der Waals surface area contributed by atoms with Crippen LogP contribution in [0.1, 0.15) is 0 Å². The van der Waals surface area contributed by atoms with Gasteiger partial charge in [-0.3, -0.25) is 0 Å². The Morgan fingerprint density at radius 3 is 1.24 bits per heavy atom. The SMILES string of the molecule is C=CC(=O)O.C=CC(=O)O.O=C(O)C(O)CO. The number of aliphatic hydroxyl groups excluding tert-OH is 2. The summed E-state index contributed by atoms with van der Waals surface area (Å²) in [5.74, 6) is -3.36. The van der Waals surface area contributed by atoms with E-state index in [1.54, 1.807) is 0 Å². The van der Waals surface area contributed by atoms with Gasteiger partial charge in [0.2, 0.25) is 0 Å². The van der Waals surface area contributed by atoms with E-state index in [9.17, 15) is 14.4 Å². The number of hydrogen-bond donors (Lipinski definition) is 5. The quantitative estimate of drug-likeness (QED) is 0.396. The van der Waals surface area contributed by atoms with E-state index in [4.69, 9.17) is 25.5 Å². The standard InChI is InChI=1S/C3H6O4.2C3H4O2/c4-1-2(5)3(6)7;2*1-2-3(4)5/h2,4-5H,1H2,(H,6,7);2*2H,1H2,(H,4,5). The minimum absolute atomic E-state index is 0.727. The predicted octanol–water partition coefficient (Wildman–Crippen LogP) is -1.06. The van der Waals surface area contributed by atoms with Gasteiger partial charge in [-0.2, -0.15) is 0 Å². The zero-order valence-corrected chi connectivity index (χ0v) is 8.81. The lowest BCUT2D eigenvalue weighted by Gasteiger charge is -1.95. The lowest BCUT2D eigenvalue weighted by Crippen LogP contribution is -2.22. The molecule has 0 bridgehead atoms. The van der Waals surface area contributed by atoms with E-state index >= 15 is 0 Å². The molecule has 0 saturated heterocycles. The maximum Gasteiger partial charge on any atom is 0.334 e. The molecule has 0 aromatic rings. The van der Waals surface area contributed by atoms with Crippen LogP contribution in [-0.4, -0.2) is 56.2 Å². The average Bonchev–Trinajstić information content (AvgIpc) is 2.29. The van der Waals surface area contributed by atoms with E-state index in [0.29, 0.717) is 0 Å². The van der Waals surface area contributed by atoms with E-state index in [0.717, 1.165) is 12.2 Å².